The molecule has 1 amide bonds. The van der Waals surface area contributed by atoms with Gasteiger partial charge in [0.25, 0.3) is 5.91 Å². The highest BCUT2D eigenvalue weighted by atomic mass is 19.4. The van der Waals surface area contributed by atoms with Gasteiger partial charge in [-0.1, -0.05) is 0 Å². The predicted octanol–water partition coefficient (Wildman–Crippen LogP) is 1.91. The van der Waals surface area contributed by atoms with Crippen LogP contribution in [0.3, 0.4) is 0 Å². The molecule has 1 aromatic carbocycles. The Morgan fingerprint density at radius 3 is 2.37 bits per heavy atom. The van der Waals surface area contributed by atoms with Crippen molar-refractivity contribution in [2.24, 2.45) is 5.73 Å². The number of alkyl halides is 3. The minimum Gasteiger partial charge on any atom is -0.396 e. The van der Waals surface area contributed by atoms with E-state index >= 15 is 0 Å². The predicted molar refractivity (Wildman–Crippen MR) is 55.1 cm³/mol. The largest absolute Gasteiger partial charge is 0.396 e. The Balaban J connectivity index is 3.49. The maximum absolute atomic E-state index is 13.4. The van der Waals surface area contributed by atoms with Gasteiger partial charge in [0.15, 0.2) is 0 Å². The zero-order chi connectivity index (χ0) is 14.8. The van der Waals surface area contributed by atoms with Gasteiger partial charge in [-0.05, 0) is 11.6 Å². The number of primary amides is 1. The summed E-state index contributed by atoms with van der Waals surface area (Å²) in [6, 6.07) is 0.628. The molecule has 0 aliphatic heterocycles. The van der Waals surface area contributed by atoms with E-state index in [0.29, 0.717) is 12.5 Å². The van der Waals surface area contributed by atoms with E-state index < -0.39 is 47.4 Å². The van der Waals surface area contributed by atoms with Crippen molar-refractivity contribution < 1.29 is 31.9 Å². The molecule has 1 aromatic rings. The van der Waals surface area contributed by atoms with Crippen molar-refractivity contribution >= 4 is 5.91 Å². The van der Waals surface area contributed by atoms with Gasteiger partial charge in [-0.3, -0.25) is 4.79 Å². The lowest BCUT2D eigenvalue weighted by atomic mass is 9.90. The highest BCUT2D eigenvalue weighted by molar-refractivity contribution is 5.95. The maximum Gasteiger partial charge on any atom is 0.396 e. The highest BCUT2D eigenvalue weighted by Crippen LogP contribution is 2.39. The van der Waals surface area contributed by atoms with E-state index in [-0.39, 0.29) is 6.07 Å². The van der Waals surface area contributed by atoms with Gasteiger partial charge >= 0.3 is 6.18 Å². The van der Waals surface area contributed by atoms with Crippen molar-refractivity contribution in [1.29, 1.82) is 0 Å². The van der Waals surface area contributed by atoms with Crippen LogP contribution in [0.4, 0.5) is 22.0 Å². The lowest BCUT2D eigenvalue weighted by Crippen LogP contribution is -2.27. The normalized spacial score (nSPS) is 13.4. The van der Waals surface area contributed by atoms with Crippen LogP contribution in [0.5, 0.6) is 0 Å². The molecule has 0 fully saturated rings. The Kier molecular flexibility index (Phi) is 4.46. The van der Waals surface area contributed by atoms with E-state index in [4.69, 9.17) is 10.8 Å². The molecule has 19 heavy (non-hydrogen) atoms. The van der Waals surface area contributed by atoms with Crippen LogP contribution in [0.25, 0.3) is 0 Å². The molecule has 1 unspecified atom stereocenters. The smallest absolute Gasteiger partial charge is 0.396 e. The van der Waals surface area contributed by atoms with E-state index in [1.54, 1.807) is 0 Å². The van der Waals surface area contributed by atoms with E-state index in [2.05, 4.69) is 0 Å². The van der Waals surface area contributed by atoms with Crippen molar-refractivity contribution in [2.45, 2.75) is 12.1 Å². The monoisotopic (exact) mass is 282 g/mol. The molecule has 1 rings (SSSR count). The summed E-state index contributed by atoms with van der Waals surface area (Å²) in [4.78, 5) is 11.0. The Labute approximate surface area is 104 Å². The van der Waals surface area contributed by atoms with Crippen LogP contribution in [-0.2, 0) is 0 Å². The topological polar surface area (TPSA) is 63.3 Å². The van der Waals surface area contributed by atoms with Gasteiger partial charge < -0.3 is 10.8 Å². The molecule has 0 aromatic heterocycles. The number of hydrogen-bond acceptors (Lipinski definition) is 2. The quantitative estimate of drug-likeness (QED) is 0.828. The third kappa shape index (κ3) is 3.40. The maximum atomic E-state index is 13.4. The fraction of sp³-hybridized carbons (Fsp3) is 0.273. The number of carbonyl (C=O) groups is 1. The molecule has 0 saturated heterocycles. The molecule has 1 radical (unpaired) electrons. The van der Waals surface area contributed by atoms with Gasteiger partial charge in [0.05, 0.1) is 11.5 Å². The first kappa shape index (κ1) is 15.4. The van der Waals surface area contributed by atoms with Crippen LogP contribution in [0, 0.1) is 18.1 Å². The van der Waals surface area contributed by atoms with Gasteiger partial charge in [0.1, 0.15) is 11.6 Å². The molecule has 1 atom stereocenters. The van der Waals surface area contributed by atoms with Crippen LogP contribution in [-0.4, -0.2) is 23.8 Å². The van der Waals surface area contributed by atoms with Crippen LogP contribution < -0.4 is 5.73 Å². The molecular weight excluding hydrogens is 273 g/mol. The van der Waals surface area contributed by atoms with Gasteiger partial charge in [-0.2, -0.15) is 13.2 Å². The van der Waals surface area contributed by atoms with E-state index in [1.807, 2.05) is 0 Å². The molecule has 0 bridgehead atoms. The second kappa shape index (κ2) is 5.52. The summed E-state index contributed by atoms with van der Waals surface area (Å²) < 4.78 is 64.7. The minimum atomic E-state index is -4.92. The standard InChI is InChI=1S/C11H9F5NO2/c12-5-3-6(7(1-2-18)11(14,15)16)9(10(17)19)8(13)4-5/h1,3-4,7,18H,2H2,(H2,17,19). The molecule has 0 aliphatic carbocycles. The SMILES string of the molecule is NC(=O)c1c(F)cc(F)cc1C([CH]CO)C(F)(F)F. The number of nitrogens with two attached hydrogens (primary N) is 1. The third-order valence-corrected chi connectivity index (χ3v) is 2.36. The second-order valence-corrected chi connectivity index (χ2v) is 3.65. The van der Waals surface area contributed by atoms with E-state index in [1.165, 1.54) is 0 Å². The lowest BCUT2D eigenvalue weighted by molar-refractivity contribution is -0.144. The molecule has 3 nitrogen and oxygen atoms in total. The summed E-state index contributed by atoms with van der Waals surface area (Å²) in [5.74, 6) is -6.71. The van der Waals surface area contributed by atoms with Crippen LogP contribution in [0.2, 0.25) is 0 Å². The van der Waals surface area contributed by atoms with Gasteiger partial charge in [0.2, 0.25) is 0 Å². The zero-order valence-electron chi connectivity index (χ0n) is 9.34. The molecule has 8 heteroatoms. The number of aliphatic hydroxyl groups excluding tert-OH is 1. The van der Waals surface area contributed by atoms with Crippen molar-refractivity contribution in [1.82, 2.24) is 0 Å². The first-order valence-electron chi connectivity index (χ1n) is 4.98. The molecule has 0 spiro atoms. The average Bonchev–Trinajstić information content (AvgIpc) is 2.22. The first-order valence-corrected chi connectivity index (χ1v) is 4.98. The number of amides is 1. The first-order chi connectivity index (χ1) is 8.68. The molecular formula is C11H9F5NO2. The number of rotatable bonds is 4. The second-order valence-electron chi connectivity index (χ2n) is 3.65. The average molecular weight is 282 g/mol. The minimum absolute atomic E-state index is 0.260. The Morgan fingerprint density at radius 1 is 1.37 bits per heavy atom. The van der Waals surface area contributed by atoms with Crippen LogP contribution in [0.15, 0.2) is 12.1 Å². The summed E-state index contributed by atoms with van der Waals surface area (Å²) >= 11 is 0. The summed E-state index contributed by atoms with van der Waals surface area (Å²) in [6.07, 6.45) is -4.55. The van der Waals surface area contributed by atoms with Crippen LogP contribution >= 0.6 is 0 Å². The van der Waals surface area contributed by atoms with Gasteiger partial charge in [-0.15, -0.1) is 0 Å². The molecule has 0 saturated carbocycles. The Bertz CT molecular complexity index is 487. The fourth-order valence-corrected chi connectivity index (χ4v) is 1.64. The van der Waals surface area contributed by atoms with Gasteiger partial charge in [0, 0.05) is 19.1 Å². The third-order valence-electron chi connectivity index (χ3n) is 2.36. The van der Waals surface area contributed by atoms with Gasteiger partial charge in [-0.25, -0.2) is 8.78 Å². The number of aliphatic hydroxyl groups is 1. The number of carbonyl (C=O) groups excluding carboxylic acids is 1. The number of halogens is 5. The molecule has 0 aliphatic rings. The van der Waals surface area contributed by atoms with Crippen molar-refractivity contribution in [2.75, 3.05) is 6.61 Å². The molecule has 105 valence electrons. The van der Waals surface area contributed by atoms with Crippen molar-refractivity contribution in [3.8, 4) is 0 Å². The summed E-state index contributed by atoms with van der Waals surface area (Å²) in [7, 11) is 0. The molecule has 0 heterocycles. The van der Waals surface area contributed by atoms with Crippen molar-refractivity contribution in [3.05, 3.63) is 41.3 Å². The zero-order valence-corrected chi connectivity index (χ0v) is 9.34. The number of benzene rings is 1. The van der Waals surface area contributed by atoms with E-state index in [0.717, 1.165) is 0 Å². The molecule has 3 N–H and O–H groups in total. The fourth-order valence-electron chi connectivity index (χ4n) is 1.64. The summed E-state index contributed by atoms with van der Waals surface area (Å²) in [5.41, 5.74) is 2.78. The van der Waals surface area contributed by atoms with Crippen LogP contribution in [0.1, 0.15) is 21.8 Å². The summed E-state index contributed by atoms with van der Waals surface area (Å²) in [5, 5.41) is 8.57. The highest BCUT2D eigenvalue weighted by Gasteiger charge is 2.42. The summed E-state index contributed by atoms with van der Waals surface area (Å²) in [6.45, 7) is -0.986. The van der Waals surface area contributed by atoms with Crippen molar-refractivity contribution in [3.63, 3.8) is 0 Å². The Morgan fingerprint density at radius 2 is 1.95 bits per heavy atom. The Hall–Kier alpha value is -1.70. The number of hydrogen-bond donors (Lipinski definition) is 2. The van der Waals surface area contributed by atoms with E-state index in [9.17, 15) is 26.7 Å². The lowest BCUT2D eigenvalue weighted by Gasteiger charge is -2.21.